The number of ether oxygens (including phenoxy) is 2. The minimum absolute atomic E-state index is 0.0884. The monoisotopic (exact) mass is 366 g/mol. The van der Waals surface area contributed by atoms with Crippen LogP contribution in [0.25, 0.3) is 0 Å². The molecule has 1 aromatic heterocycles. The second-order valence-electron chi connectivity index (χ2n) is 4.76. The molecule has 0 bridgehead atoms. The Kier molecular flexibility index (Phi) is 4.02. The molecule has 7 nitrogen and oxygen atoms in total. The van der Waals surface area contributed by atoms with Gasteiger partial charge in [0.25, 0.3) is 0 Å². The first-order valence-corrected chi connectivity index (χ1v) is 7.63. The maximum atomic E-state index is 11.9. The van der Waals surface area contributed by atoms with Crippen LogP contribution in [0.1, 0.15) is 24.9 Å². The van der Waals surface area contributed by atoms with Crippen molar-refractivity contribution in [3.63, 3.8) is 0 Å². The minimum atomic E-state index is -0.230. The number of carbonyl (C=O) groups excluding carboxylic acids is 1. The summed E-state index contributed by atoms with van der Waals surface area (Å²) < 4.78 is 13.5. The van der Waals surface area contributed by atoms with Crippen molar-refractivity contribution in [1.82, 2.24) is 14.8 Å². The number of rotatable bonds is 4. The molecule has 0 saturated heterocycles. The normalized spacial score (nSPS) is 16.9. The molecule has 1 atom stereocenters. The lowest BCUT2D eigenvalue weighted by molar-refractivity contribution is -0.117. The molecular formula is C14H15BrN4O3. The van der Waals surface area contributed by atoms with Crippen molar-refractivity contribution in [2.45, 2.75) is 19.4 Å². The van der Waals surface area contributed by atoms with Gasteiger partial charge in [-0.25, -0.2) is 4.68 Å². The van der Waals surface area contributed by atoms with Gasteiger partial charge in [-0.1, -0.05) is 0 Å². The lowest BCUT2D eigenvalue weighted by atomic mass is 10.0. The molecule has 3 rings (SSSR count). The number of halogens is 1. The summed E-state index contributed by atoms with van der Waals surface area (Å²) in [5, 5.41) is 6.89. The Bertz CT molecular complexity index is 716. The quantitative estimate of drug-likeness (QED) is 0.898. The minimum Gasteiger partial charge on any atom is -0.493 e. The summed E-state index contributed by atoms with van der Waals surface area (Å²) >= 11 is 3.50. The summed E-state index contributed by atoms with van der Waals surface area (Å²) in [6.07, 6.45) is 1.72. The van der Waals surface area contributed by atoms with Crippen LogP contribution in [0.4, 0.5) is 5.95 Å². The molecule has 0 saturated carbocycles. The highest BCUT2D eigenvalue weighted by atomic mass is 79.9. The summed E-state index contributed by atoms with van der Waals surface area (Å²) in [5.74, 6) is 1.62. The van der Waals surface area contributed by atoms with E-state index in [1.165, 1.54) is 6.33 Å². The molecule has 1 N–H and O–H groups in total. The third-order valence-electron chi connectivity index (χ3n) is 3.42. The van der Waals surface area contributed by atoms with Gasteiger partial charge in [0.1, 0.15) is 6.33 Å². The number of methoxy groups -OCH3 is 1. The summed E-state index contributed by atoms with van der Waals surface area (Å²) in [5.41, 5.74) is 0.897. The van der Waals surface area contributed by atoms with Gasteiger partial charge in [0, 0.05) is 0 Å². The fourth-order valence-electron chi connectivity index (χ4n) is 2.48. The number of aromatic nitrogens is 3. The molecule has 0 radical (unpaired) electrons. The Balaban J connectivity index is 2.06. The van der Waals surface area contributed by atoms with Crippen molar-refractivity contribution in [3.05, 3.63) is 28.5 Å². The van der Waals surface area contributed by atoms with Gasteiger partial charge in [-0.3, -0.25) is 10.1 Å². The smallest absolute Gasteiger partial charge is 0.229 e. The zero-order valence-electron chi connectivity index (χ0n) is 12.2. The lowest BCUT2D eigenvalue weighted by Crippen LogP contribution is -2.29. The van der Waals surface area contributed by atoms with Crippen molar-refractivity contribution < 1.29 is 14.3 Å². The van der Waals surface area contributed by atoms with Crippen LogP contribution < -0.4 is 14.8 Å². The maximum absolute atomic E-state index is 11.9. The standard InChI is InChI=1S/C14H15BrN4O3/c1-3-22-13-9(15)4-8(5-11(13)21-2)10-6-12(20)18-14-16-7-17-19(10)14/h4-5,7,10H,3,6H2,1-2H3,(H,16,17,18,20)/t10-/m0/s1. The highest BCUT2D eigenvalue weighted by Gasteiger charge is 2.29. The van der Waals surface area contributed by atoms with Gasteiger partial charge >= 0.3 is 0 Å². The van der Waals surface area contributed by atoms with E-state index in [0.29, 0.717) is 30.5 Å². The zero-order chi connectivity index (χ0) is 15.7. The number of nitrogens with one attached hydrogen (secondary N) is 1. The van der Waals surface area contributed by atoms with Gasteiger partial charge in [0.05, 0.1) is 30.7 Å². The second kappa shape index (κ2) is 5.96. The Morgan fingerprint density at radius 1 is 1.50 bits per heavy atom. The van der Waals surface area contributed by atoms with Crippen LogP contribution in [0.15, 0.2) is 22.9 Å². The van der Waals surface area contributed by atoms with E-state index in [4.69, 9.17) is 9.47 Å². The predicted octanol–water partition coefficient (Wildman–Crippen LogP) is 2.38. The highest BCUT2D eigenvalue weighted by molar-refractivity contribution is 9.10. The SMILES string of the molecule is CCOc1c(Br)cc([C@@H]2CC(=O)Nc3ncnn32)cc1OC. The topological polar surface area (TPSA) is 78.3 Å². The van der Waals surface area contributed by atoms with E-state index in [0.717, 1.165) is 10.0 Å². The summed E-state index contributed by atoms with van der Waals surface area (Å²) in [6.45, 7) is 2.44. The van der Waals surface area contributed by atoms with E-state index in [-0.39, 0.29) is 11.9 Å². The number of carbonyl (C=O) groups is 1. The Morgan fingerprint density at radius 3 is 3.05 bits per heavy atom. The third kappa shape index (κ3) is 2.54. The molecule has 0 spiro atoms. The summed E-state index contributed by atoms with van der Waals surface area (Å²) in [4.78, 5) is 15.9. The van der Waals surface area contributed by atoms with Gasteiger partial charge in [-0.05, 0) is 40.5 Å². The molecule has 1 aliphatic heterocycles. The number of fused-ring (bicyclic) bond motifs is 1. The van der Waals surface area contributed by atoms with E-state index >= 15 is 0 Å². The van der Waals surface area contributed by atoms with Crippen LogP contribution >= 0.6 is 15.9 Å². The van der Waals surface area contributed by atoms with Crippen molar-refractivity contribution in [3.8, 4) is 11.5 Å². The fourth-order valence-corrected chi connectivity index (χ4v) is 3.06. The molecule has 8 heteroatoms. The van der Waals surface area contributed by atoms with Crippen LogP contribution in [0.2, 0.25) is 0 Å². The van der Waals surface area contributed by atoms with Gasteiger partial charge in [0.2, 0.25) is 11.9 Å². The fraction of sp³-hybridized carbons (Fsp3) is 0.357. The molecule has 116 valence electrons. The average molecular weight is 367 g/mol. The van der Waals surface area contributed by atoms with Gasteiger partial charge in [0.15, 0.2) is 11.5 Å². The number of hydrogen-bond acceptors (Lipinski definition) is 5. The summed E-state index contributed by atoms with van der Waals surface area (Å²) in [7, 11) is 1.59. The van der Waals surface area contributed by atoms with Crippen LogP contribution in [0, 0.1) is 0 Å². The van der Waals surface area contributed by atoms with E-state index < -0.39 is 0 Å². The highest BCUT2D eigenvalue weighted by Crippen LogP contribution is 2.40. The molecule has 22 heavy (non-hydrogen) atoms. The van der Waals surface area contributed by atoms with Gasteiger partial charge in [-0.15, -0.1) is 0 Å². The maximum Gasteiger partial charge on any atom is 0.229 e. The molecule has 2 aromatic rings. The Labute approximate surface area is 135 Å². The number of amides is 1. The van der Waals surface area contributed by atoms with E-state index in [1.807, 2.05) is 19.1 Å². The number of nitrogens with zero attached hydrogens (tertiary/aromatic N) is 3. The van der Waals surface area contributed by atoms with Gasteiger partial charge < -0.3 is 9.47 Å². The molecule has 1 amide bonds. The van der Waals surface area contributed by atoms with Crippen LogP contribution in [-0.2, 0) is 4.79 Å². The molecule has 1 aliphatic rings. The molecular weight excluding hydrogens is 352 g/mol. The van der Waals surface area contributed by atoms with Gasteiger partial charge in [-0.2, -0.15) is 10.1 Å². The molecule has 0 unspecified atom stereocenters. The second-order valence-corrected chi connectivity index (χ2v) is 5.62. The number of benzene rings is 1. The Hall–Kier alpha value is -2.09. The molecule has 0 fully saturated rings. The van der Waals surface area contributed by atoms with E-state index in [1.54, 1.807) is 11.8 Å². The van der Waals surface area contributed by atoms with Crippen molar-refractivity contribution >= 4 is 27.8 Å². The summed E-state index contributed by atoms with van der Waals surface area (Å²) in [6, 6.07) is 3.55. The first kappa shape index (κ1) is 14.8. The lowest BCUT2D eigenvalue weighted by Gasteiger charge is -2.24. The van der Waals surface area contributed by atoms with Crippen molar-refractivity contribution in [2.24, 2.45) is 0 Å². The first-order valence-electron chi connectivity index (χ1n) is 6.83. The molecule has 1 aromatic carbocycles. The van der Waals surface area contributed by atoms with Crippen molar-refractivity contribution in [2.75, 3.05) is 19.0 Å². The third-order valence-corrected chi connectivity index (χ3v) is 4.01. The predicted molar refractivity (Wildman–Crippen MR) is 83.3 cm³/mol. The largest absolute Gasteiger partial charge is 0.493 e. The van der Waals surface area contributed by atoms with E-state index in [9.17, 15) is 4.79 Å². The van der Waals surface area contributed by atoms with Crippen molar-refractivity contribution in [1.29, 1.82) is 0 Å². The average Bonchev–Trinajstić information content (AvgIpc) is 2.96. The first-order chi connectivity index (χ1) is 10.6. The van der Waals surface area contributed by atoms with E-state index in [2.05, 4.69) is 31.3 Å². The van der Waals surface area contributed by atoms with Crippen LogP contribution in [0.5, 0.6) is 11.5 Å². The molecule has 2 heterocycles. The number of hydrogen-bond donors (Lipinski definition) is 1. The molecule has 0 aliphatic carbocycles. The zero-order valence-corrected chi connectivity index (χ0v) is 13.8. The number of anilines is 1. The Morgan fingerprint density at radius 2 is 2.32 bits per heavy atom. The van der Waals surface area contributed by atoms with Crippen LogP contribution in [0.3, 0.4) is 0 Å². The van der Waals surface area contributed by atoms with Crippen LogP contribution in [-0.4, -0.2) is 34.4 Å².